The molecule has 1 N–H and O–H groups in total. The highest BCUT2D eigenvalue weighted by molar-refractivity contribution is 6.14. The topological polar surface area (TPSA) is 68.1 Å². The summed E-state index contributed by atoms with van der Waals surface area (Å²) in [6.45, 7) is 0. The Morgan fingerprint density at radius 2 is 1.92 bits per heavy atom. The number of nitrogens with one attached hydrogen (secondary N) is 1. The van der Waals surface area contributed by atoms with Crippen molar-refractivity contribution in [1.29, 1.82) is 0 Å². The van der Waals surface area contributed by atoms with Crippen molar-refractivity contribution in [2.45, 2.75) is 0 Å². The van der Waals surface area contributed by atoms with Gasteiger partial charge in [0.25, 0.3) is 0 Å². The second-order valence-electron chi connectivity index (χ2n) is 5.82. The first-order valence-electron chi connectivity index (χ1n) is 7.84. The maximum Gasteiger partial charge on any atom is 0.379 e. The summed E-state index contributed by atoms with van der Waals surface area (Å²) in [6, 6.07) is 17.1. The van der Waals surface area contributed by atoms with E-state index in [2.05, 4.69) is 22.3 Å². The first-order valence-corrected chi connectivity index (χ1v) is 7.84. The molecule has 2 aromatic heterocycles. The molecule has 3 aromatic carbocycles. The largest absolute Gasteiger partial charge is 0.457 e. The van der Waals surface area contributed by atoms with Crippen LogP contribution in [0.15, 0.2) is 71.5 Å². The molecule has 5 rings (SSSR count). The van der Waals surface area contributed by atoms with Gasteiger partial charge in [-0.2, -0.15) is 5.10 Å². The molecule has 0 amide bonds. The van der Waals surface area contributed by atoms with E-state index in [0.717, 1.165) is 32.4 Å². The van der Waals surface area contributed by atoms with Crippen molar-refractivity contribution in [1.82, 2.24) is 10.2 Å². The van der Waals surface area contributed by atoms with Crippen LogP contribution in [0.5, 0.6) is 5.75 Å². The van der Waals surface area contributed by atoms with E-state index >= 15 is 0 Å². The Hall–Kier alpha value is -3.60. The minimum Gasteiger partial charge on any atom is -0.457 e. The van der Waals surface area contributed by atoms with Gasteiger partial charge in [0.2, 0.25) is 5.76 Å². The molecule has 2 heterocycles. The number of nitrogens with zero attached hydrogens (tertiary/aromatic N) is 1. The number of hydrogen-bond acceptors (Lipinski definition) is 4. The van der Waals surface area contributed by atoms with E-state index in [-0.39, 0.29) is 5.76 Å². The molecule has 0 unspecified atom stereocenters. The summed E-state index contributed by atoms with van der Waals surface area (Å²) >= 11 is 0. The second kappa shape index (κ2) is 5.21. The molecule has 5 nitrogen and oxygen atoms in total. The summed E-state index contributed by atoms with van der Waals surface area (Å²) in [5, 5.41) is 12.0. The van der Waals surface area contributed by atoms with Crippen molar-refractivity contribution in [3.63, 3.8) is 0 Å². The average Bonchev–Trinajstić information content (AvgIpc) is 3.31. The molecule has 5 heteroatoms. The van der Waals surface area contributed by atoms with Crippen molar-refractivity contribution in [2.75, 3.05) is 0 Å². The molecule has 0 saturated heterocycles. The number of ether oxygens (including phenoxy) is 1. The number of carbonyl (C=O) groups excluding carboxylic acids is 1. The molecule has 0 bridgehead atoms. The van der Waals surface area contributed by atoms with Crippen molar-refractivity contribution in [3.05, 3.63) is 72.8 Å². The molecule has 0 aliphatic rings. The zero-order valence-electron chi connectivity index (χ0n) is 13.0. The molecule has 120 valence electrons. The van der Waals surface area contributed by atoms with Crippen molar-refractivity contribution in [2.24, 2.45) is 0 Å². The highest BCUT2D eigenvalue weighted by Gasteiger charge is 2.15. The first kappa shape index (κ1) is 13.8. The fourth-order valence-electron chi connectivity index (χ4n) is 3.15. The normalized spacial score (nSPS) is 11.4. The van der Waals surface area contributed by atoms with Crippen LogP contribution in [0.25, 0.3) is 32.4 Å². The SMILES string of the molecule is O=C(Oc1cccc2ccc3cc4[nH]ncc4cc3c12)c1ccco1. The molecule has 0 atom stereocenters. The summed E-state index contributed by atoms with van der Waals surface area (Å²) in [7, 11) is 0. The lowest BCUT2D eigenvalue weighted by Crippen LogP contribution is -2.07. The lowest BCUT2D eigenvalue weighted by molar-refractivity contribution is 0.0704. The van der Waals surface area contributed by atoms with Crippen LogP contribution in [0.2, 0.25) is 0 Å². The van der Waals surface area contributed by atoms with Crippen molar-refractivity contribution < 1.29 is 13.9 Å². The second-order valence-corrected chi connectivity index (χ2v) is 5.82. The predicted molar refractivity (Wildman–Crippen MR) is 94.8 cm³/mol. The van der Waals surface area contributed by atoms with E-state index in [9.17, 15) is 4.79 Å². The monoisotopic (exact) mass is 328 g/mol. The lowest BCUT2D eigenvalue weighted by atomic mass is 10.00. The molecule has 5 aromatic rings. The summed E-state index contributed by atoms with van der Waals surface area (Å²) < 4.78 is 10.7. The van der Waals surface area contributed by atoms with Gasteiger partial charge in [0.15, 0.2) is 0 Å². The minimum atomic E-state index is -0.515. The zero-order valence-corrected chi connectivity index (χ0v) is 13.0. The van der Waals surface area contributed by atoms with E-state index in [1.54, 1.807) is 24.4 Å². The average molecular weight is 328 g/mol. The number of H-pyrrole nitrogens is 1. The van der Waals surface area contributed by atoms with Crippen LogP contribution in [0.4, 0.5) is 0 Å². The number of benzene rings is 3. The number of furan rings is 1. The van der Waals surface area contributed by atoms with Crippen LogP contribution in [-0.2, 0) is 0 Å². The molecule has 25 heavy (non-hydrogen) atoms. The van der Waals surface area contributed by atoms with Gasteiger partial charge in [-0.3, -0.25) is 5.10 Å². The Labute approximate surface area is 141 Å². The van der Waals surface area contributed by atoms with Crippen LogP contribution in [0.3, 0.4) is 0 Å². The highest BCUT2D eigenvalue weighted by Crippen LogP contribution is 2.35. The fraction of sp³-hybridized carbons (Fsp3) is 0. The van der Waals surface area contributed by atoms with Gasteiger partial charge >= 0.3 is 5.97 Å². The Bertz CT molecular complexity index is 1240. The van der Waals surface area contributed by atoms with Gasteiger partial charge in [-0.1, -0.05) is 24.3 Å². The third kappa shape index (κ3) is 2.17. The Morgan fingerprint density at radius 1 is 1.00 bits per heavy atom. The molecule has 0 radical (unpaired) electrons. The maximum absolute atomic E-state index is 12.3. The zero-order chi connectivity index (χ0) is 16.8. The van der Waals surface area contributed by atoms with E-state index in [1.807, 2.05) is 24.3 Å². The quantitative estimate of drug-likeness (QED) is 0.290. The Morgan fingerprint density at radius 3 is 2.80 bits per heavy atom. The number of aromatic amines is 1. The molecule has 0 aliphatic carbocycles. The van der Waals surface area contributed by atoms with Crippen LogP contribution in [0.1, 0.15) is 10.6 Å². The number of aromatic nitrogens is 2. The number of fused-ring (bicyclic) bond motifs is 4. The van der Waals surface area contributed by atoms with Crippen LogP contribution < -0.4 is 4.74 Å². The Kier molecular flexibility index (Phi) is 2.87. The number of rotatable bonds is 2. The predicted octanol–water partition coefficient (Wildman–Crippen LogP) is 4.68. The third-order valence-electron chi connectivity index (χ3n) is 4.31. The smallest absolute Gasteiger partial charge is 0.379 e. The van der Waals surface area contributed by atoms with E-state index in [0.29, 0.717) is 5.75 Å². The molecular formula is C20H12N2O3. The molecule has 0 fully saturated rings. The molecule has 0 aliphatic heterocycles. The van der Waals surface area contributed by atoms with Crippen LogP contribution in [0, 0.1) is 0 Å². The summed E-state index contributed by atoms with van der Waals surface area (Å²) in [6.07, 6.45) is 3.23. The van der Waals surface area contributed by atoms with Crippen molar-refractivity contribution in [3.8, 4) is 5.75 Å². The van der Waals surface area contributed by atoms with Gasteiger partial charge in [0, 0.05) is 10.8 Å². The van der Waals surface area contributed by atoms with Gasteiger partial charge < -0.3 is 9.15 Å². The van der Waals surface area contributed by atoms with Gasteiger partial charge in [0.1, 0.15) is 5.75 Å². The highest BCUT2D eigenvalue weighted by atomic mass is 16.5. The van der Waals surface area contributed by atoms with Gasteiger partial charge in [-0.15, -0.1) is 0 Å². The number of esters is 1. The van der Waals surface area contributed by atoms with Gasteiger partial charge in [-0.25, -0.2) is 4.79 Å². The maximum atomic E-state index is 12.3. The number of carbonyl (C=O) groups is 1. The molecular weight excluding hydrogens is 316 g/mol. The minimum absolute atomic E-state index is 0.175. The molecule has 0 saturated carbocycles. The third-order valence-corrected chi connectivity index (χ3v) is 4.31. The van der Waals surface area contributed by atoms with Crippen LogP contribution >= 0.6 is 0 Å². The van der Waals surface area contributed by atoms with Gasteiger partial charge in [0.05, 0.1) is 18.0 Å². The van der Waals surface area contributed by atoms with E-state index in [4.69, 9.17) is 9.15 Å². The first-order chi connectivity index (χ1) is 12.3. The lowest BCUT2D eigenvalue weighted by Gasteiger charge is -2.10. The standard InChI is InChI=1S/C20H12N2O3/c23-20(18-5-2-8-24-18)25-17-4-1-3-12-6-7-13-10-16-14(11-21-22-16)9-15(13)19(12)17/h1-11H,(H,21,22). The van der Waals surface area contributed by atoms with Gasteiger partial charge in [-0.05, 0) is 46.5 Å². The Balaban J connectivity index is 1.76. The summed E-state index contributed by atoms with van der Waals surface area (Å²) in [5.74, 6) is 0.167. The van der Waals surface area contributed by atoms with Crippen LogP contribution in [-0.4, -0.2) is 16.2 Å². The summed E-state index contributed by atoms with van der Waals surface area (Å²) in [5.41, 5.74) is 0.969. The number of hydrogen-bond donors (Lipinski definition) is 1. The summed E-state index contributed by atoms with van der Waals surface area (Å²) in [4.78, 5) is 12.3. The van der Waals surface area contributed by atoms with E-state index < -0.39 is 5.97 Å². The van der Waals surface area contributed by atoms with E-state index in [1.165, 1.54) is 6.26 Å². The molecule has 0 spiro atoms. The van der Waals surface area contributed by atoms with Crippen molar-refractivity contribution >= 4 is 38.4 Å². The fourth-order valence-corrected chi connectivity index (χ4v) is 3.15.